The summed E-state index contributed by atoms with van der Waals surface area (Å²) in [7, 11) is 0. The summed E-state index contributed by atoms with van der Waals surface area (Å²) in [6, 6.07) is 6.85. The van der Waals surface area contributed by atoms with Crippen LogP contribution >= 0.6 is 0 Å². The average Bonchev–Trinajstić information content (AvgIpc) is 2.62. The zero-order chi connectivity index (χ0) is 13.5. The summed E-state index contributed by atoms with van der Waals surface area (Å²) in [5.74, 6) is 3.78. The number of aryl methyl sites for hydroxylation is 1. The molecule has 1 heterocycles. The Labute approximate surface area is 116 Å². The van der Waals surface area contributed by atoms with E-state index in [2.05, 4.69) is 36.4 Å². The molecular formula is C17H23NO. The van der Waals surface area contributed by atoms with Crippen LogP contribution in [0, 0.1) is 19.3 Å². The van der Waals surface area contributed by atoms with Gasteiger partial charge in [-0.2, -0.15) is 0 Å². The second-order valence-electron chi connectivity index (χ2n) is 5.15. The van der Waals surface area contributed by atoms with Crippen molar-refractivity contribution in [1.82, 2.24) is 5.32 Å². The maximum Gasteiger partial charge on any atom is 0.126 e. The van der Waals surface area contributed by atoms with Crippen LogP contribution in [0.25, 0.3) is 0 Å². The number of nitrogens with one attached hydrogen (secondary N) is 1. The number of benzene rings is 1. The van der Waals surface area contributed by atoms with Crippen molar-refractivity contribution in [2.75, 3.05) is 13.2 Å². The van der Waals surface area contributed by atoms with Crippen molar-refractivity contribution >= 4 is 0 Å². The van der Waals surface area contributed by atoms with E-state index >= 15 is 0 Å². The van der Waals surface area contributed by atoms with E-state index in [4.69, 9.17) is 11.2 Å². The molecule has 0 aromatic heterocycles. The number of fused-ring (bicyclic) bond motifs is 1. The van der Waals surface area contributed by atoms with Crippen molar-refractivity contribution in [1.29, 1.82) is 0 Å². The predicted molar refractivity (Wildman–Crippen MR) is 79.3 cm³/mol. The first-order valence-electron chi connectivity index (χ1n) is 7.22. The molecule has 0 spiro atoms. The Hall–Kier alpha value is -1.46. The number of hydrogen-bond acceptors (Lipinski definition) is 2. The number of ether oxygens (including phenoxy) is 1. The molecule has 0 aliphatic carbocycles. The molecule has 1 atom stereocenters. The SMILES string of the molecule is C#CCCCCNC1CCCOc2c(C)cccc21. The van der Waals surface area contributed by atoms with E-state index in [1.165, 1.54) is 11.1 Å². The van der Waals surface area contributed by atoms with E-state index in [1.807, 2.05) is 0 Å². The van der Waals surface area contributed by atoms with Gasteiger partial charge in [-0.25, -0.2) is 0 Å². The number of terminal acetylenes is 1. The van der Waals surface area contributed by atoms with Gasteiger partial charge >= 0.3 is 0 Å². The highest BCUT2D eigenvalue weighted by atomic mass is 16.5. The minimum Gasteiger partial charge on any atom is -0.493 e. The van der Waals surface area contributed by atoms with Crippen molar-refractivity contribution in [2.45, 2.75) is 45.1 Å². The van der Waals surface area contributed by atoms with Gasteiger partial charge in [0, 0.05) is 18.0 Å². The predicted octanol–water partition coefficient (Wildman–Crippen LogP) is 3.60. The maximum absolute atomic E-state index is 5.89. The van der Waals surface area contributed by atoms with Gasteiger partial charge in [0.15, 0.2) is 0 Å². The van der Waals surface area contributed by atoms with Crippen molar-refractivity contribution < 1.29 is 4.74 Å². The number of hydrogen-bond donors (Lipinski definition) is 1. The molecular weight excluding hydrogens is 234 g/mol. The van der Waals surface area contributed by atoms with Gasteiger partial charge in [-0.15, -0.1) is 12.3 Å². The minimum absolute atomic E-state index is 0.420. The first-order valence-corrected chi connectivity index (χ1v) is 7.22. The van der Waals surface area contributed by atoms with Crippen LogP contribution in [0.4, 0.5) is 0 Å². The number of unbranched alkanes of at least 4 members (excludes halogenated alkanes) is 2. The van der Waals surface area contributed by atoms with Crippen LogP contribution < -0.4 is 10.1 Å². The molecule has 102 valence electrons. The monoisotopic (exact) mass is 257 g/mol. The molecule has 0 bridgehead atoms. The highest BCUT2D eigenvalue weighted by Gasteiger charge is 2.20. The molecule has 0 fully saturated rings. The van der Waals surface area contributed by atoms with Crippen LogP contribution in [0.2, 0.25) is 0 Å². The van der Waals surface area contributed by atoms with Crippen molar-refractivity contribution in [3.05, 3.63) is 29.3 Å². The summed E-state index contributed by atoms with van der Waals surface area (Å²) < 4.78 is 5.89. The van der Waals surface area contributed by atoms with Gasteiger partial charge in [0.2, 0.25) is 0 Å². The Morgan fingerprint density at radius 2 is 2.32 bits per heavy atom. The lowest BCUT2D eigenvalue weighted by Gasteiger charge is -2.19. The quantitative estimate of drug-likeness (QED) is 0.643. The second-order valence-corrected chi connectivity index (χ2v) is 5.15. The molecule has 1 aromatic rings. The Balaban J connectivity index is 1.98. The molecule has 2 nitrogen and oxygen atoms in total. The van der Waals surface area contributed by atoms with Gasteiger partial charge in [0.1, 0.15) is 5.75 Å². The van der Waals surface area contributed by atoms with Crippen molar-refractivity contribution in [3.8, 4) is 18.1 Å². The topological polar surface area (TPSA) is 21.3 Å². The van der Waals surface area contributed by atoms with Gasteiger partial charge in [-0.3, -0.25) is 0 Å². The Morgan fingerprint density at radius 1 is 1.42 bits per heavy atom. The van der Waals surface area contributed by atoms with E-state index in [0.29, 0.717) is 6.04 Å². The van der Waals surface area contributed by atoms with Crippen LogP contribution in [0.3, 0.4) is 0 Å². The number of para-hydroxylation sites is 1. The standard InChI is InChI=1S/C17H23NO/c1-3-4-5-6-12-18-16-11-8-13-19-17-14(2)9-7-10-15(16)17/h1,7,9-10,16,18H,4-6,8,11-13H2,2H3. The maximum atomic E-state index is 5.89. The summed E-state index contributed by atoms with van der Waals surface area (Å²) >= 11 is 0. The summed E-state index contributed by atoms with van der Waals surface area (Å²) in [5.41, 5.74) is 2.55. The molecule has 1 aromatic carbocycles. The Kier molecular flexibility index (Phi) is 5.30. The molecule has 0 saturated heterocycles. The summed E-state index contributed by atoms with van der Waals surface area (Å²) in [6.07, 6.45) is 10.6. The zero-order valence-electron chi connectivity index (χ0n) is 11.7. The lowest BCUT2D eigenvalue weighted by molar-refractivity contribution is 0.313. The molecule has 19 heavy (non-hydrogen) atoms. The fourth-order valence-electron chi connectivity index (χ4n) is 2.60. The van der Waals surface area contributed by atoms with E-state index < -0.39 is 0 Å². The molecule has 1 unspecified atom stereocenters. The highest BCUT2D eigenvalue weighted by molar-refractivity contribution is 5.43. The van der Waals surface area contributed by atoms with Crippen LogP contribution in [0.5, 0.6) is 5.75 Å². The van der Waals surface area contributed by atoms with Crippen molar-refractivity contribution in [3.63, 3.8) is 0 Å². The second kappa shape index (κ2) is 7.21. The Bertz CT molecular complexity index is 447. The third-order valence-corrected chi connectivity index (χ3v) is 3.64. The van der Waals surface area contributed by atoms with E-state index in [0.717, 1.165) is 51.0 Å². The van der Waals surface area contributed by atoms with E-state index in [-0.39, 0.29) is 0 Å². The first kappa shape index (κ1) is 14.0. The molecule has 0 amide bonds. The normalized spacial score (nSPS) is 18.0. The van der Waals surface area contributed by atoms with Crippen LogP contribution in [-0.4, -0.2) is 13.2 Å². The highest BCUT2D eigenvalue weighted by Crippen LogP contribution is 2.33. The fraction of sp³-hybridized carbons (Fsp3) is 0.529. The molecule has 2 rings (SSSR count). The lowest BCUT2D eigenvalue weighted by Crippen LogP contribution is -2.22. The Morgan fingerprint density at radius 3 is 3.16 bits per heavy atom. The number of rotatable bonds is 5. The third kappa shape index (κ3) is 3.75. The summed E-state index contributed by atoms with van der Waals surface area (Å²) in [4.78, 5) is 0. The molecule has 0 saturated carbocycles. The van der Waals surface area contributed by atoms with Gasteiger partial charge in [0.05, 0.1) is 6.61 Å². The summed E-state index contributed by atoms with van der Waals surface area (Å²) in [5, 5.41) is 3.66. The molecule has 0 radical (unpaired) electrons. The first-order chi connectivity index (χ1) is 9.33. The van der Waals surface area contributed by atoms with E-state index in [1.54, 1.807) is 0 Å². The molecule has 1 N–H and O–H groups in total. The van der Waals surface area contributed by atoms with Gasteiger partial charge in [-0.1, -0.05) is 18.2 Å². The van der Waals surface area contributed by atoms with Gasteiger partial charge < -0.3 is 10.1 Å². The zero-order valence-corrected chi connectivity index (χ0v) is 11.7. The summed E-state index contributed by atoms with van der Waals surface area (Å²) in [6.45, 7) is 3.97. The largest absolute Gasteiger partial charge is 0.493 e. The molecule has 1 aliphatic heterocycles. The lowest BCUT2D eigenvalue weighted by atomic mass is 9.99. The van der Waals surface area contributed by atoms with Gasteiger partial charge in [0.25, 0.3) is 0 Å². The third-order valence-electron chi connectivity index (χ3n) is 3.64. The molecule has 2 heteroatoms. The smallest absolute Gasteiger partial charge is 0.126 e. The fourth-order valence-corrected chi connectivity index (χ4v) is 2.60. The van der Waals surface area contributed by atoms with Crippen LogP contribution in [0.15, 0.2) is 18.2 Å². The van der Waals surface area contributed by atoms with E-state index in [9.17, 15) is 0 Å². The van der Waals surface area contributed by atoms with Crippen molar-refractivity contribution in [2.24, 2.45) is 0 Å². The van der Waals surface area contributed by atoms with Crippen LogP contribution in [0.1, 0.15) is 49.3 Å². The average molecular weight is 257 g/mol. The van der Waals surface area contributed by atoms with Gasteiger partial charge in [-0.05, 0) is 44.7 Å². The van der Waals surface area contributed by atoms with Crippen LogP contribution in [-0.2, 0) is 0 Å². The molecule has 1 aliphatic rings. The minimum atomic E-state index is 0.420.